The first-order chi connectivity index (χ1) is 7.64. The molecule has 4 heteroatoms. The van der Waals surface area contributed by atoms with Gasteiger partial charge in [-0.15, -0.1) is 0 Å². The van der Waals surface area contributed by atoms with Crippen LogP contribution in [0.2, 0.25) is 0 Å². The number of hydrogen-bond donors (Lipinski definition) is 0. The molecule has 3 heterocycles. The Morgan fingerprint density at radius 2 is 2.06 bits per heavy atom. The van der Waals surface area contributed by atoms with Crippen LogP contribution in [0.25, 0.3) is 0 Å². The van der Waals surface area contributed by atoms with Gasteiger partial charge in [0.1, 0.15) is 17.4 Å². The number of cyclic esters (lactones) is 2. The maximum atomic E-state index is 11.7. The standard InChI is InChI=1S/C12H14O4/c1-3-6-5-7-8-9(11(14)15-10(8)13)12(6,4-2)16-7/h5,7-9H,3-4H2,1-2H3/t7-,8?,9?,12+/m1/s1. The van der Waals surface area contributed by atoms with Gasteiger partial charge in [0.25, 0.3) is 0 Å². The van der Waals surface area contributed by atoms with E-state index in [4.69, 9.17) is 9.47 Å². The van der Waals surface area contributed by atoms with Crippen LogP contribution in [0, 0.1) is 11.8 Å². The third-order valence-electron chi connectivity index (χ3n) is 4.10. The average molecular weight is 222 g/mol. The molecule has 2 fully saturated rings. The summed E-state index contributed by atoms with van der Waals surface area (Å²) in [5.41, 5.74) is 0.584. The molecule has 0 aromatic carbocycles. The number of esters is 2. The molecule has 16 heavy (non-hydrogen) atoms. The van der Waals surface area contributed by atoms with Gasteiger partial charge in [-0.05, 0) is 18.4 Å². The third-order valence-corrected chi connectivity index (χ3v) is 4.10. The fraction of sp³-hybridized carbons (Fsp3) is 0.667. The minimum atomic E-state index is -0.562. The number of ether oxygens (including phenoxy) is 2. The second-order valence-electron chi connectivity index (χ2n) is 4.61. The van der Waals surface area contributed by atoms with Crippen LogP contribution in [0.3, 0.4) is 0 Å². The van der Waals surface area contributed by atoms with E-state index in [1.165, 1.54) is 0 Å². The first-order valence-corrected chi connectivity index (χ1v) is 5.78. The molecule has 0 N–H and O–H groups in total. The van der Waals surface area contributed by atoms with Gasteiger partial charge in [0.2, 0.25) is 0 Å². The summed E-state index contributed by atoms with van der Waals surface area (Å²) in [6, 6.07) is 0. The van der Waals surface area contributed by atoms with Gasteiger partial charge in [-0.3, -0.25) is 9.59 Å². The molecule has 0 aliphatic carbocycles. The van der Waals surface area contributed by atoms with E-state index < -0.39 is 29.4 Å². The Bertz CT molecular complexity index is 411. The largest absolute Gasteiger partial charge is 0.393 e. The van der Waals surface area contributed by atoms with Crippen molar-refractivity contribution in [2.45, 2.75) is 38.4 Å². The smallest absolute Gasteiger partial charge is 0.320 e. The molecule has 3 rings (SSSR count). The van der Waals surface area contributed by atoms with E-state index in [2.05, 4.69) is 0 Å². The molecular weight excluding hydrogens is 208 g/mol. The van der Waals surface area contributed by atoms with Crippen molar-refractivity contribution in [1.29, 1.82) is 0 Å². The molecule has 2 unspecified atom stereocenters. The zero-order valence-electron chi connectivity index (χ0n) is 9.36. The van der Waals surface area contributed by atoms with Crippen LogP contribution in [0.1, 0.15) is 26.7 Å². The highest BCUT2D eigenvalue weighted by atomic mass is 16.6. The highest BCUT2D eigenvalue weighted by Crippen LogP contribution is 2.56. The van der Waals surface area contributed by atoms with Gasteiger partial charge >= 0.3 is 11.9 Å². The molecule has 2 saturated heterocycles. The van der Waals surface area contributed by atoms with E-state index in [9.17, 15) is 9.59 Å². The van der Waals surface area contributed by atoms with Crippen molar-refractivity contribution in [3.8, 4) is 0 Å². The molecule has 3 aliphatic rings. The summed E-state index contributed by atoms with van der Waals surface area (Å²) in [5.74, 6) is -1.63. The predicted octanol–water partition coefficient (Wildman–Crippen LogP) is 1.20. The summed E-state index contributed by atoms with van der Waals surface area (Å²) in [7, 11) is 0. The number of carbonyl (C=O) groups excluding carboxylic acids is 2. The second kappa shape index (κ2) is 2.94. The third kappa shape index (κ3) is 0.895. The second-order valence-corrected chi connectivity index (χ2v) is 4.61. The average Bonchev–Trinajstić information content (AvgIpc) is 2.88. The van der Waals surface area contributed by atoms with Crippen LogP contribution in [-0.4, -0.2) is 23.6 Å². The van der Waals surface area contributed by atoms with Crippen LogP contribution in [-0.2, 0) is 19.1 Å². The van der Waals surface area contributed by atoms with Gasteiger partial charge in [0.05, 0.1) is 6.10 Å². The van der Waals surface area contributed by atoms with E-state index >= 15 is 0 Å². The van der Waals surface area contributed by atoms with Gasteiger partial charge in [-0.1, -0.05) is 19.9 Å². The summed E-state index contributed by atoms with van der Waals surface area (Å²) in [6.07, 6.45) is 3.32. The SMILES string of the molecule is CCC1=C[C@H]2O[C@]1(CC)C1C(=O)OC(=O)C12. The maximum Gasteiger partial charge on any atom is 0.320 e. The fourth-order valence-corrected chi connectivity index (χ4v) is 3.41. The molecule has 0 radical (unpaired) electrons. The van der Waals surface area contributed by atoms with Crippen molar-refractivity contribution in [3.05, 3.63) is 11.6 Å². The van der Waals surface area contributed by atoms with Crippen molar-refractivity contribution in [1.82, 2.24) is 0 Å². The van der Waals surface area contributed by atoms with E-state index in [-0.39, 0.29) is 6.10 Å². The molecule has 4 nitrogen and oxygen atoms in total. The fourth-order valence-electron chi connectivity index (χ4n) is 3.41. The molecular formula is C12H14O4. The van der Waals surface area contributed by atoms with E-state index in [1.807, 2.05) is 19.9 Å². The van der Waals surface area contributed by atoms with Crippen LogP contribution >= 0.6 is 0 Å². The van der Waals surface area contributed by atoms with Gasteiger partial charge in [-0.25, -0.2) is 0 Å². The quantitative estimate of drug-likeness (QED) is 0.400. The van der Waals surface area contributed by atoms with Crippen molar-refractivity contribution in [2.75, 3.05) is 0 Å². The summed E-state index contributed by atoms with van der Waals surface area (Å²) in [5, 5.41) is 0. The number of carbonyl (C=O) groups is 2. The summed E-state index contributed by atoms with van der Waals surface area (Å²) in [6.45, 7) is 4.04. The first kappa shape index (κ1) is 10.0. The normalized spacial score (nSPS) is 44.6. The van der Waals surface area contributed by atoms with Crippen molar-refractivity contribution >= 4 is 11.9 Å². The lowest BCUT2D eigenvalue weighted by Crippen LogP contribution is -2.40. The number of hydrogen-bond acceptors (Lipinski definition) is 4. The molecule has 2 bridgehead atoms. The number of fused-ring (bicyclic) bond motifs is 5. The Kier molecular flexibility index (Phi) is 1.84. The lowest BCUT2D eigenvalue weighted by atomic mass is 9.70. The Morgan fingerprint density at radius 3 is 2.69 bits per heavy atom. The van der Waals surface area contributed by atoms with Crippen molar-refractivity contribution in [2.24, 2.45) is 11.8 Å². The van der Waals surface area contributed by atoms with Gasteiger partial charge in [0.15, 0.2) is 0 Å². The summed E-state index contributed by atoms with van der Waals surface area (Å²) in [4.78, 5) is 23.3. The molecule has 4 atom stereocenters. The zero-order chi connectivity index (χ0) is 11.5. The van der Waals surface area contributed by atoms with Crippen molar-refractivity contribution < 1.29 is 19.1 Å². The van der Waals surface area contributed by atoms with Gasteiger partial charge < -0.3 is 9.47 Å². The zero-order valence-corrected chi connectivity index (χ0v) is 9.36. The van der Waals surface area contributed by atoms with Crippen LogP contribution in [0.5, 0.6) is 0 Å². The summed E-state index contributed by atoms with van der Waals surface area (Å²) < 4.78 is 10.6. The highest BCUT2D eigenvalue weighted by molar-refractivity contribution is 5.99. The maximum absolute atomic E-state index is 11.7. The van der Waals surface area contributed by atoms with Crippen LogP contribution in [0.15, 0.2) is 11.6 Å². The highest BCUT2D eigenvalue weighted by Gasteiger charge is 2.68. The minimum Gasteiger partial charge on any atom is -0.393 e. The van der Waals surface area contributed by atoms with E-state index in [0.717, 1.165) is 12.0 Å². The van der Waals surface area contributed by atoms with Crippen LogP contribution < -0.4 is 0 Å². The first-order valence-electron chi connectivity index (χ1n) is 5.78. The Labute approximate surface area is 93.6 Å². The number of rotatable bonds is 2. The molecule has 3 aliphatic heterocycles. The topological polar surface area (TPSA) is 52.6 Å². The molecule has 0 aromatic rings. The molecule has 0 amide bonds. The van der Waals surface area contributed by atoms with Crippen molar-refractivity contribution in [3.63, 3.8) is 0 Å². The lowest BCUT2D eigenvalue weighted by Gasteiger charge is -2.31. The monoisotopic (exact) mass is 222 g/mol. The lowest BCUT2D eigenvalue weighted by molar-refractivity contribution is -0.158. The molecule has 0 spiro atoms. The molecule has 0 saturated carbocycles. The van der Waals surface area contributed by atoms with E-state index in [1.54, 1.807) is 0 Å². The Hall–Kier alpha value is -1.16. The van der Waals surface area contributed by atoms with Gasteiger partial charge in [-0.2, -0.15) is 0 Å². The Morgan fingerprint density at radius 1 is 1.31 bits per heavy atom. The van der Waals surface area contributed by atoms with Gasteiger partial charge in [0, 0.05) is 0 Å². The predicted molar refractivity (Wildman–Crippen MR) is 54.3 cm³/mol. The molecule has 0 aromatic heterocycles. The van der Waals surface area contributed by atoms with E-state index in [0.29, 0.717) is 6.42 Å². The summed E-state index contributed by atoms with van der Waals surface area (Å²) >= 11 is 0. The Balaban J connectivity index is 2.11. The molecule has 86 valence electrons. The minimum absolute atomic E-state index is 0.251. The van der Waals surface area contributed by atoms with Crippen LogP contribution in [0.4, 0.5) is 0 Å².